The first-order valence-electron chi connectivity index (χ1n) is 8.79. The van der Waals surface area contributed by atoms with Crippen molar-refractivity contribution >= 4 is 29.9 Å². The number of guanidine groups is 1. The van der Waals surface area contributed by atoms with E-state index >= 15 is 0 Å². The number of aliphatic imine (C=N–C) groups is 1. The molecule has 24 heavy (non-hydrogen) atoms. The van der Waals surface area contributed by atoms with Crippen molar-refractivity contribution < 1.29 is 4.74 Å². The van der Waals surface area contributed by atoms with E-state index in [0.29, 0.717) is 12.0 Å². The maximum absolute atomic E-state index is 5.31. The van der Waals surface area contributed by atoms with Crippen molar-refractivity contribution in [2.45, 2.75) is 45.6 Å². The molecule has 1 saturated carbocycles. The van der Waals surface area contributed by atoms with Crippen molar-refractivity contribution in [1.29, 1.82) is 0 Å². The van der Waals surface area contributed by atoms with Crippen LogP contribution in [0.4, 0.5) is 0 Å². The summed E-state index contributed by atoms with van der Waals surface area (Å²) >= 11 is 0. The van der Waals surface area contributed by atoms with Crippen LogP contribution in [0.1, 0.15) is 44.6 Å². The van der Waals surface area contributed by atoms with Crippen molar-refractivity contribution in [3.63, 3.8) is 0 Å². The predicted octanol–water partition coefficient (Wildman–Crippen LogP) is 3.30. The van der Waals surface area contributed by atoms with Crippen molar-refractivity contribution in [3.05, 3.63) is 24.0 Å². The number of aryl methyl sites for hydroxylation is 1. The molecule has 0 aromatic carbocycles. The summed E-state index contributed by atoms with van der Waals surface area (Å²) in [5.41, 5.74) is 1.61. The third-order valence-corrected chi connectivity index (χ3v) is 4.79. The van der Waals surface area contributed by atoms with E-state index in [1.54, 1.807) is 7.11 Å². The average molecular weight is 448 g/mol. The number of rotatable bonds is 8. The molecule has 0 amide bonds. The molecule has 0 spiro atoms. The van der Waals surface area contributed by atoms with Gasteiger partial charge in [0.25, 0.3) is 0 Å². The molecular weight excluding hydrogens is 415 g/mol. The molecule has 1 aromatic heterocycles. The van der Waals surface area contributed by atoms with Crippen LogP contribution in [0.25, 0.3) is 0 Å². The first kappa shape index (κ1) is 21.3. The monoisotopic (exact) mass is 448 g/mol. The van der Waals surface area contributed by atoms with Gasteiger partial charge in [-0.2, -0.15) is 0 Å². The van der Waals surface area contributed by atoms with Gasteiger partial charge in [0.05, 0.1) is 6.54 Å². The second-order valence-corrected chi connectivity index (χ2v) is 6.68. The number of hydrogen-bond donors (Lipinski definition) is 2. The zero-order valence-electron chi connectivity index (χ0n) is 15.3. The fraction of sp³-hybridized carbons (Fsp3) is 0.722. The minimum absolute atomic E-state index is 0. The third kappa shape index (κ3) is 6.63. The summed E-state index contributed by atoms with van der Waals surface area (Å²) in [5, 5.41) is 6.92. The number of nitrogens with one attached hydrogen (secondary N) is 2. The number of aromatic nitrogens is 1. The zero-order chi connectivity index (χ0) is 16.5. The summed E-state index contributed by atoms with van der Waals surface area (Å²) in [5.74, 6) is 0.917. The molecule has 0 bridgehead atoms. The normalized spacial score (nSPS) is 16.7. The van der Waals surface area contributed by atoms with Crippen LogP contribution in [0.5, 0.6) is 0 Å². The van der Waals surface area contributed by atoms with Crippen LogP contribution in [0, 0.1) is 5.41 Å². The molecule has 1 heterocycles. The second kappa shape index (κ2) is 11.0. The molecule has 5 nitrogen and oxygen atoms in total. The molecule has 1 aliphatic carbocycles. The van der Waals surface area contributed by atoms with Gasteiger partial charge in [-0.3, -0.25) is 0 Å². The van der Waals surface area contributed by atoms with Crippen LogP contribution >= 0.6 is 24.0 Å². The third-order valence-electron chi connectivity index (χ3n) is 4.79. The highest BCUT2D eigenvalue weighted by Gasteiger charge is 2.33. The molecule has 2 N–H and O–H groups in total. The molecule has 0 aliphatic heterocycles. The van der Waals surface area contributed by atoms with Crippen molar-refractivity contribution in [2.75, 3.05) is 26.8 Å². The highest BCUT2D eigenvalue weighted by atomic mass is 127. The Morgan fingerprint density at radius 3 is 2.67 bits per heavy atom. The van der Waals surface area contributed by atoms with E-state index in [9.17, 15) is 0 Å². The van der Waals surface area contributed by atoms with Gasteiger partial charge in [0, 0.05) is 46.2 Å². The lowest BCUT2D eigenvalue weighted by molar-refractivity contribution is 0.138. The van der Waals surface area contributed by atoms with Crippen LogP contribution in [0.2, 0.25) is 0 Å². The number of methoxy groups -OCH3 is 1. The fourth-order valence-electron chi connectivity index (χ4n) is 3.40. The quantitative estimate of drug-likeness (QED) is 0.365. The average Bonchev–Trinajstić information content (AvgIpc) is 3.18. The summed E-state index contributed by atoms with van der Waals surface area (Å²) in [4.78, 5) is 4.72. The second-order valence-electron chi connectivity index (χ2n) is 6.68. The minimum atomic E-state index is 0. The summed E-state index contributed by atoms with van der Waals surface area (Å²) in [6.45, 7) is 5.53. The van der Waals surface area contributed by atoms with Crippen LogP contribution in [0.3, 0.4) is 0 Å². The maximum atomic E-state index is 5.31. The van der Waals surface area contributed by atoms with Crippen molar-refractivity contribution in [1.82, 2.24) is 15.2 Å². The molecule has 138 valence electrons. The zero-order valence-corrected chi connectivity index (χ0v) is 17.6. The highest BCUT2D eigenvalue weighted by Crippen LogP contribution is 2.40. The Morgan fingerprint density at radius 1 is 1.33 bits per heavy atom. The first-order valence-corrected chi connectivity index (χ1v) is 8.79. The van der Waals surface area contributed by atoms with Gasteiger partial charge < -0.3 is 19.9 Å². The lowest BCUT2D eigenvalue weighted by Crippen LogP contribution is -2.43. The number of hydrogen-bond acceptors (Lipinski definition) is 2. The topological polar surface area (TPSA) is 50.6 Å². The van der Waals surface area contributed by atoms with Gasteiger partial charge in [-0.05, 0) is 43.2 Å². The highest BCUT2D eigenvalue weighted by molar-refractivity contribution is 14.0. The van der Waals surface area contributed by atoms with Crippen LogP contribution in [0.15, 0.2) is 23.5 Å². The Labute approximate surface area is 163 Å². The Bertz CT molecular complexity index is 495. The number of ether oxygens (including phenoxy) is 1. The fourth-order valence-corrected chi connectivity index (χ4v) is 3.40. The lowest BCUT2D eigenvalue weighted by atomic mass is 9.83. The molecule has 1 aromatic rings. The lowest BCUT2D eigenvalue weighted by Gasteiger charge is -2.30. The molecular formula is C18H33IN4O. The van der Waals surface area contributed by atoms with Gasteiger partial charge in [0.15, 0.2) is 5.96 Å². The predicted molar refractivity (Wildman–Crippen MR) is 111 cm³/mol. The van der Waals surface area contributed by atoms with Gasteiger partial charge in [0.1, 0.15) is 0 Å². The molecule has 0 atom stereocenters. The standard InChI is InChI=1S/C18H32N4O.HI/c1-4-19-17(20-13-16-7-11-22(2)14-16)21-15-18(10-12-23-3)8-5-6-9-18;/h7,11,14H,4-6,8-10,12-13,15H2,1-3H3,(H2,19,20,21);1H. The first-order chi connectivity index (χ1) is 11.2. The van der Waals surface area contributed by atoms with Crippen LogP contribution < -0.4 is 10.6 Å². The SMILES string of the molecule is CCNC(=NCc1ccn(C)c1)NCC1(CCOC)CCCC1.I. The Balaban J connectivity index is 0.00000288. The van der Waals surface area contributed by atoms with E-state index in [0.717, 1.165) is 32.1 Å². The summed E-state index contributed by atoms with van der Waals surface area (Å²) in [6, 6.07) is 2.12. The van der Waals surface area contributed by atoms with E-state index in [-0.39, 0.29) is 24.0 Å². The molecule has 0 unspecified atom stereocenters. The Kier molecular flexibility index (Phi) is 9.73. The molecule has 2 rings (SSSR count). The van der Waals surface area contributed by atoms with E-state index < -0.39 is 0 Å². The maximum Gasteiger partial charge on any atom is 0.191 e. The molecule has 1 fully saturated rings. The van der Waals surface area contributed by atoms with E-state index in [2.05, 4.69) is 40.6 Å². The minimum Gasteiger partial charge on any atom is -0.385 e. The van der Waals surface area contributed by atoms with Crippen molar-refractivity contribution in [2.24, 2.45) is 17.5 Å². The van der Waals surface area contributed by atoms with E-state index in [4.69, 9.17) is 9.73 Å². The molecule has 1 aliphatic rings. The largest absolute Gasteiger partial charge is 0.385 e. The number of nitrogens with zero attached hydrogens (tertiary/aromatic N) is 2. The van der Waals surface area contributed by atoms with Crippen LogP contribution in [-0.2, 0) is 18.3 Å². The summed E-state index contributed by atoms with van der Waals surface area (Å²) < 4.78 is 7.37. The van der Waals surface area contributed by atoms with Gasteiger partial charge in [0.2, 0.25) is 0 Å². The van der Waals surface area contributed by atoms with Gasteiger partial charge in [-0.15, -0.1) is 24.0 Å². The summed E-state index contributed by atoms with van der Waals surface area (Å²) in [7, 11) is 3.83. The van der Waals surface area contributed by atoms with Gasteiger partial charge >= 0.3 is 0 Å². The van der Waals surface area contributed by atoms with E-state index in [1.165, 1.54) is 31.2 Å². The molecule has 0 saturated heterocycles. The number of halogens is 1. The van der Waals surface area contributed by atoms with Gasteiger partial charge in [-0.25, -0.2) is 4.99 Å². The van der Waals surface area contributed by atoms with Crippen molar-refractivity contribution in [3.8, 4) is 0 Å². The molecule has 0 radical (unpaired) electrons. The Morgan fingerprint density at radius 2 is 2.08 bits per heavy atom. The Hall–Kier alpha value is -0.760. The van der Waals surface area contributed by atoms with Crippen LogP contribution in [-0.4, -0.2) is 37.3 Å². The van der Waals surface area contributed by atoms with E-state index in [1.807, 2.05) is 7.05 Å². The molecule has 6 heteroatoms. The summed E-state index contributed by atoms with van der Waals surface area (Å²) in [6.07, 6.45) is 10.6. The smallest absolute Gasteiger partial charge is 0.191 e. The van der Waals surface area contributed by atoms with Gasteiger partial charge in [-0.1, -0.05) is 12.8 Å².